The Hall–Kier alpha value is -2.62. The average Bonchev–Trinajstić information content (AvgIpc) is 3.14. The molecule has 0 unspecified atom stereocenters. The van der Waals surface area contributed by atoms with Crippen LogP contribution in [-0.4, -0.2) is 29.5 Å². The largest absolute Gasteiger partial charge is 0.490 e. The van der Waals surface area contributed by atoms with E-state index in [-0.39, 0.29) is 18.3 Å². The zero-order valence-electron chi connectivity index (χ0n) is 20.7. The Labute approximate surface area is 226 Å². The third-order valence-corrected chi connectivity index (χ3v) is 7.79. The van der Waals surface area contributed by atoms with E-state index in [1.165, 1.54) is 11.3 Å². The van der Waals surface area contributed by atoms with E-state index in [1.807, 2.05) is 68.6 Å². The summed E-state index contributed by atoms with van der Waals surface area (Å²) in [5.74, 6) is 0.221. The van der Waals surface area contributed by atoms with Gasteiger partial charge in [0.2, 0.25) is 0 Å². The molecular weight excluding hydrogens is 560 g/mol. The molecule has 1 aliphatic heterocycles. The molecule has 0 N–H and O–H groups in total. The first kappa shape index (κ1) is 26.4. The fraction of sp³-hybridized carbons (Fsp3) is 0.296. The number of thioether (sulfide) groups is 1. The number of allylic oxidation sites excluding steroid dienone is 1. The standard InChI is InChI=1S/C27H27BrN2O4S2/c1-6-33-26(32)23-16(4)29-27-30(24(23)17-7-10-20(35-5)11-8-17)25(31)22(36-27)14-18-13-19(28)9-12-21(18)34-15(2)3/h7-15,24H,6H2,1-5H3/b22-14+/t24-/m1/s1. The first-order chi connectivity index (χ1) is 17.2. The summed E-state index contributed by atoms with van der Waals surface area (Å²) >= 11 is 6.44. The number of thiazole rings is 1. The van der Waals surface area contributed by atoms with Gasteiger partial charge >= 0.3 is 5.97 Å². The molecule has 0 saturated carbocycles. The van der Waals surface area contributed by atoms with Crippen molar-refractivity contribution in [2.24, 2.45) is 4.99 Å². The van der Waals surface area contributed by atoms with E-state index >= 15 is 0 Å². The normalized spacial score (nSPS) is 15.6. The summed E-state index contributed by atoms with van der Waals surface area (Å²) in [6.07, 6.45) is 3.81. The number of rotatable bonds is 7. The predicted molar refractivity (Wildman–Crippen MR) is 149 cm³/mol. The van der Waals surface area contributed by atoms with Crippen LogP contribution in [0.3, 0.4) is 0 Å². The zero-order chi connectivity index (χ0) is 26.0. The number of aromatic nitrogens is 1. The molecule has 1 atom stereocenters. The van der Waals surface area contributed by atoms with Gasteiger partial charge in [-0.1, -0.05) is 39.4 Å². The Bertz CT molecular complexity index is 1500. The Balaban J connectivity index is 1.94. The van der Waals surface area contributed by atoms with E-state index in [0.717, 1.165) is 20.5 Å². The molecule has 2 heterocycles. The third kappa shape index (κ3) is 5.38. The third-order valence-electron chi connectivity index (χ3n) is 5.57. The van der Waals surface area contributed by atoms with E-state index in [4.69, 9.17) is 9.47 Å². The second kappa shape index (κ2) is 11.2. The lowest BCUT2D eigenvalue weighted by Crippen LogP contribution is -2.39. The quantitative estimate of drug-likeness (QED) is 0.285. The molecule has 188 valence electrons. The summed E-state index contributed by atoms with van der Waals surface area (Å²) in [7, 11) is 0. The molecule has 0 radical (unpaired) electrons. The minimum Gasteiger partial charge on any atom is -0.490 e. The van der Waals surface area contributed by atoms with Crippen molar-refractivity contribution in [3.05, 3.63) is 89.0 Å². The number of esters is 1. The van der Waals surface area contributed by atoms with Crippen LogP contribution in [0, 0.1) is 0 Å². The maximum absolute atomic E-state index is 13.8. The number of ether oxygens (including phenoxy) is 2. The highest BCUT2D eigenvalue weighted by Crippen LogP contribution is 2.32. The number of carbonyl (C=O) groups excluding carboxylic acids is 1. The van der Waals surface area contributed by atoms with Crippen molar-refractivity contribution in [1.82, 2.24) is 4.57 Å². The first-order valence-corrected chi connectivity index (χ1v) is 14.4. The molecule has 0 amide bonds. The minimum absolute atomic E-state index is 0.0152. The zero-order valence-corrected chi connectivity index (χ0v) is 23.9. The van der Waals surface area contributed by atoms with Crippen molar-refractivity contribution >= 4 is 51.1 Å². The second-order valence-electron chi connectivity index (χ2n) is 8.42. The van der Waals surface area contributed by atoms with E-state index in [1.54, 1.807) is 30.2 Å². The van der Waals surface area contributed by atoms with Crippen LogP contribution in [0.2, 0.25) is 0 Å². The summed E-state index contributed by atoms with van der Waals surface area (Å²) in [5.41, 5.74) is 2.31. The van der Waals surface area contributed by atoms with Gasteiger partial charge in [-0.2, -0.15) is 0 Å². The molecule has 6 nitrogen and oxygen atoms in total. The van der Waals surface area contributed by atoms with Crippen LogP contribution in [0.4, 0.5) is 0 Å². The van der Waals surface area contributed by atoms with Crippen molar-refractivity contribution in [3.63, 3.8) is 0 Å². The van der Waals surface area contributed by atoms with Gasteiger partial charge < -0.3 is 9.47 Å². The average molecular weight is 588 g/mol. The number of fused-ring (bicyclic) bond motifs is 1. The molecule has 3 aromatic rings. The van der Waals surface area contributed by atoms with Crippen molar-refractivity contribution in [1.29, 1.82) is 0 Å². The second-order valence-corrected chi connectivity index (χ2v) is 11.2. The highest BCUT2D eigenvalue weighted by atomic mass is 79.9. The van der Waals surface area contributed by atoms with E-state index in [2.05, 4.69) is 20.9 Å². The Morgan fingerprint density at radius 3 is 2.61 bits per heavy atom. The van der Waals surface area contributed by atoms with Gasteiger partial charge in [-0.3, -0.25) is 9.36 Å². The van der Waals surface area contributed by atoms with Gasteiger partial charge in [-0.05, 0) is 75.9 Å². The summed E-state index contributed by atoms with van der Waals surface area (Å²) < 4.78 is 14.3. The Kier molecular flexibility index (Phi) is 8.22. The Morgan fingerprint density at radius 2 is 1.97 bits per heavy atom. The van der Waals surface area contributed by atoms with Crippen LogP contribution < -0.4 is 19.6 Å². The molecule has 9 heteroatoms. The molecule has 1 aromatic heterocycles. The molecule has 0 aliphatic carbocycles. The molecule has 0 spiro atoms. The van der Waals surface area contributed by atoms with Gasteiger partial charge in [0, 0.05) is 14.9 Å². The fourth-order valence-electron chi connectivity index (χ4n) is 4.03. The highest BCUT2D eigenvalue weighted by Gasteiger charge is 2.33. The van der Waals surface area contributed by atoms with Crippen LogP contribution in [0.25, 0.3) is 6.08 Å². The summed E-state index contributed by atoms with van der Waals surface area (Å²) in [6.45, 7) is 7.71. The molecule has 0 saturated heterocycles. The number of halogens is 1. The fourth-order valence-corrected chi connectivity index (χ4v) is 5.85. The SMILES string of the molecule is CCOC(=O)C1=C(C)N=c2s/c(=C/c3cc(Br)ccc3OC(C)C)c(=O)n2[C@@H]1c1ccc(SC)cc1. The van der Waals surface area contributed by atoms with E-state index in [0.29, 0.717) is 26.4 Å². The maximum Gasteiger partial charge on any atom is 0.338 e. The Morgan fingerprint density at radius 1 is 1.25 bits per heavy atom. The minimum atomic E-state index is -0.632. The van der Waals surface area contributed by atoms with Gasteiger partial charge in [-0.15, -0.1) is 11.8 Å². The van der Waals surface area contributed by atoms with Crippen molar-refractivity contribution in [2.75, 3.05) is 12.9 Å². The molecule has 36 heavy (non-hydrogen) atoms. The molecular formula is C27H27BrN2O4S2. The number of nitrogens with zero attached hydrogens (tertiary/aromatic N) is 2. The lowest BCUT2D eigenvalue weighted by molar-refractivity contribution is -0.139. The smallest absolute Gasteiger partial charge is 0.338 e. The maximum atomic E-state index is 13.8. The van der Waals surface area contributed by atoms with Crippen LogP contribution in [0.5, 0.6) is 5.75 Å². The highest BCUT2D eigenvalue weighted by molar-refractivity contribution is 9.10. The van der Waals surface area contributed by atoms with Gasteiger partial charge in [0.25, 0.3) is 5.56 Å². The van der Waals surface area contributed by atoms with Gasteiger partial charge in [0.15, 0.2) is 4.80 Å². The molecule has 1 aliphatic rings. The van der Waals surface area contributed by atoms with Gasteiger partial charge in [0.1, 0.15) is 5.75 Å². The van der Waals surface area contributed by atoms with E-state index in [9.17, 15) is 9.59 Å². The summed E-state index contributed by atoms with van der Waals surface area (Å²) in [5, 5.41) is 0. The topological polar surface area (TPSA) is 69.9 Å². The lowest BCUT2D eigenvalue weighted by atomic mass is 9.96. The van der Waals surface area contributed by atoms with Crippen molar-refractivity contribution in [2.45, 2.75) is 44.7 Å². The molecule has 0 bridgehead atoms. The summed E-state index contributed by atoms with van der Waals surface area (Å²) in [6, 6.07) is 13.0. The lowest BCUT2D eigenvalue weighted by Gasteiger charge is -2.24. The van der Waals surface area contributed by atoms with E-state index < -0.39 is 12.0 Å². The molecule has 0 fully saturated rings. The first-order valence-electron chi connectivity index (χ1n) is 11.5. The molecule has 4 rings (SSSR count). The van der Waals surface area contributed by atoms with Gasteiger partial charge in [-0.25, -0.2) is 9.79 Å². The number of hydrogen-bond donors (Lipinski definition) is 0. The summed E-state index contributed by atoms with van der Waals surface area (Å²) in [4.78, 5) is 33.1. The number of carbonyl (C=O) groups is 1. The van der Waals surface area contributed by atoms with Crippen LogP contribution >= 0.6 is 39.0 Å². The molecule has 2 aromatic carbocycles. The predicted octanol–water partition coefficient (Wildman–Crippen LogP) is 5.07. The number of hydrogen-bond acceptors (Lipinski definition) is 7. The van der Waals surface area contributed by atoms with Crippen LogP contribution in [-0.2, 0) is 9.53 Å². The van der Waals surface area contributed by atoms with Crippen molar-refractivity contribution < 1.29 is 14.3 Å². The number of benzene rings is 2. The van der Waals surface area contributed by atoms with Crippen molar-refractivity contribution in [3.8, 4) is 5.75 Å². The van der Waals surface area contributed by atoms with Gasteiger partial charge in [0.05, 0.1) is 34.6 Å². The van der Waals surface area contributed by atoms with Crippen LogP contribution in [0.15, 0.2) is 72.9 Å². The van der Waals surface area contributed by atoms with Crippen LogP contribution in [0.1, 0.15) is 44.9 Å². The monoisotopic (exact) mass is 586 g/mol.